The number of nitrogens with one attached hydrogen (secondary N) is 1. The average molecular weight is 253 g/mol. The Bertz CT molecular complexity index is 312. The summed E-state index contributed by atoms with van der Waals surface area (Å²) in [4.78, 5) is 1.50. The van der Waals surface area contributed by atoms with Crippen LogP contribution < -0.4 is 5.32 Å². The third kappa shape index (κ3) is 3.80. The van der Waals surface area contributed by atoms with Crippen molar-refractivity contribution in [3.8, 4) is 0 Å². The summed E-state index contributed by atoms with van der Waals surface area (Å²) >= 11 is 1.87. The minimum Gasteiger partial charge on any atom is -0.378 e. The molecule has 1 saturated heterocycles. The smallest absolute Gasteiger partial charge is 0.0551 e. The highest BCUT2D eigenvalue weighted by Crippen LogP contribution is 2.25. The molecule has 3 atom stereocenters. The zero-order chi connectivity index (χ0) is 12.1. The van der Waals surface area contributed by atoms with Gasteiger partial charge in [0.15, 0.2) is 0 Å². The number of ether oxygens (including phenoxy) is 1. The van der Waals surface area contributed by atoms with Gasteiger partial charge < -0.3 is 10.1 Å². The quantitative estimate of drug-likeness (QED) is 0.841. The molecule has 3 unspecified atom stereocenters. The molecule has 1 N–H and O–H groups in total. The fourth-order valence-corrected chi connectivity index (χ4v) is 3.37. The van der Waals surface area contributed by atoms with E-state index in [0.29, 0.717) is 18.1 Å². The predicted molar refractivity (Wildman–Crippen MR) is 73.6 cm³/mol. The van der Waals surface area contributed by atoms with Crippen molar-refractivity contribution in [1.82, 2.24) is 5.32 Å². The van der Waals surface area contributed by atoms with Crippen LogP contribution in [0.1, 0.15) is 31.6 Å². The van der Waals surface area contributed by atoms with Crippen LogP contribution in [0.15, 0.2) is 17.5 Å². The molecule has 0 aromatic carbocycles. The summed E-state index contributed by atoms with van der Waals surface area (Å²) in [5.74, 6) is 0.699. The van der Waals surface area contributed by atoms with Gasteiger partial charge in [-0.25, -0.2) is 0 Å². The fourth-order valence-electron chi connectivity index (χ4n) is 2.65. The Labute approximate surface area is 108 Å². The van der Waals surface area contributed by atoms with Gasteiger partial charge in [-0.3, -0.25) is 0 Å². The van der Waals surface area contributed by atoms with Gasteiger partial charge in [0.1, 0.15) is 0 Å². The normalized spacial score (nSPS) is 26.2. The molecule has 96 valence electrons. The first kappa shape index (κ1) is 13.1. The molecule has 1 aromatic rings. The number of rotatable bonds is 6. The molecule has 1 aromatic heterocycles. The zero-order valence-corrected chi connectivity index (χ0v) is 11.6. The minimum absolute atomic E-state index is 0.447. The largest absolute Gasteiger partial charge is 0.378 e. The molecule has 0 bridgehead atoms. The first-order chi connectivity index (χ1) is 8.29. The van der Waals surface area contributed by atoms with Gasteiger partial charge in [-0.2, -0.15) is 0 Å². The topological polar surface area (TPSA) is 21.3 Å². The summed E-state index contributed by atoms with van der Waals surface area (Å²) in [6, 6.07) is 5.00. The Morgan fingerprint density at radius 3 is 3.06 bits per heavy atom. The van der Waals surface area contributed by atoms with Crippen LogP contribution in [-0.2, 0) is 11.2 Å². The first-order valence-corrected chi connectivity index (χ1v) is 7.55. The van der Waals surface area contributed by atoms with Crippen LogP contribution in [-0.4, -0.2) is 25.3 Å². The molecule has 2 heterocycles. The van der Waals surface area contributed by atoms with Gasteiger partial charge in [-0.1, -0.05) is 13.0 Å². The standard InChI is InChI=1S/C14H23NOS/c1-3-15-14(12-9-11(2)16-10-12)7-6-13-5-4-8-17-13/h4-5,8,11-12,14-15H,3,6-7,9-10H2,1-2H3. The average Bonchev–Trinajstić information content (AvgIpc) is 2.95. The van der Waals surface area contributed by atoms with Gasteiger partial charge in [-0.05, 0) is 44.2 Å². The van der Waals surface area contributed by atoms with Gasteiger partial charge in [0.25, 0.3) is 0 Å². The first-order valence-electron chi connectivity index (χ1n) is 6.67. The van der Waals surface area contributed by atoms with Crippen molar-refractivity contribution < 1.29 is 4.74 Å². The lowest BCUT2D eigenvalue weighted by Crippen LogP contribution is -2.37. The highest BCUT2D eigenvalue weighted by atomic mass is 32.1. The number of thiophene rings is 1. The van der Waals surface area contributed by atoms with Crippen LogP contribution in [0.3, 0.4) is 0 Å². The van der Waals surface area contributed by atoms with Crippen LogP contribution >= 0.6 is 11.3 Å². The Morgan fingerprint density at radius 1 is 1.59 bits per heavy atom. The lowest BCUT2D eigenvalue weighted by molar-refractivity contribution is 0.116. The lowest BCUT2D eigenvalue weighted by Gasteiger charge is -2.23. The Hall–Kier alpha value is -0.380. The van der Waals surface area contributed by atoms with E-state index in [1.54, 1.807) is 0 Å². The molecule has 1 fully saturated rings. The lowest BCUT2D eigenvalue weighted by atomic mass is 9.93. The molecule has 2 nitrogen and oxygen atoms in total. The maximum Gasteiger partial charge on any atom is 0.0551 e. The van der Waals surface area contributed by atoms with E-state index in [9.17, 15) is 0 Å². The molecule has 1 aliphatic rings. The second-order valence-electron chi connectivity index (χ2n) is 4.92. The molecule has 2 rings (SSSR count). The van der Waals surface area contributed by atoms with E-state index in [-0.39, 0.29) is 0 Å². The van der Waals surface area contributed by atoms with Crippen LogP contribution in [0.25, 0.3) is 0 Å². The van der Waals surface area contributed by atoms with Crippen molar-refractivity contribution in [2.75, 3.05) is 13.2 Å². The number of hydrogen-bond donors (Lipinski definition) is 1. The number of hydrogen-bond acceptors (Lipinski definition) is 3. The minimum atomic E-state index is 0.447. The molecule has 0 amide bonds. The van der Waals surface area contributed by atoms with Gasteiger partial charge >= 0.3 is 0 Å². The maximum atomic E-state index is 5.69. The van der Waals surface area contributed by atoms with Gasteiger partial charge in [0.05, 0.1) is 12.7 Å². The fraction of sp³-hybridized carbons (Fsp3) is 0.714. The third-order valence-corrected chi connectivity index (χ3v) is 4.48. The van der Waals surface area contributed by atoms with Crippen LogP contribution in [0.5, 0.6) is 0 Å². The van der Waals surface area contributed by atoms with Gasteiger partial charge in [-0.15, -0.1) is 11.3 Å². The summed E-state index contributed by atoms with van der Waals surface area (Å²) in [6.07, 6.45) is 4.08. The summed E-state index contributed by atoms with van der Waals surface area (Å²) in [7, 11) is 0. The van der Waals surface area contributed by atoms with E-state index in [0.717, 1.165) is 13.2 Å². The van der Waals surface area contributed by atoms with Crippen molar-refractivity contribution >= 4 is 11.3 Å². The van der Waals surface area contributed by atoms with E-state index in [1.807, 2.05) is 11.3 Å². The molecule has 3 heteroatoms. The third-order valence-electron chi connectivity index (χ3n) is 3.55. The summed E-state index contributed by atoms with van der Waals surface area (Å²) in [6.45, 7) is 6.36. The SMILES string of the molecule is CCNC(CCc1cccs1)C1COC(C)C1. The van der Waals surface area contributed by atoms with Crippen molar-refractivity contribution in [3.05, 3.63) is 22.4 Å². The Morgan fingerprint density at radius 2 is 2.47 bits per heavy atom. The second-order valence-corrected chi connectivity index (χ2v) is 5.95. The van der Waals surface area contributed by atoms with Gasteiger partial charge in [0.2, 0.25) is 0 Å². The highest BCUT2D eigenvalue weighted by molar-refractivity contribution is 7.09. The zero-order valence-electron chi connectivity index (χ0n) is 10.8. The van der Waals surface area contributed by atoms with E-state index in [1.165, 1.54) is 24.1 Å². The van der Waals surface area contributed by atoms with E-state index < -0.39 is 0 Å². The maximum absolute atomic E-state index is 5.69. The summed E-state index contributed by atoms with van der Waals surface area (Å²) in [5.41, 5.74) is 0. The van der Waals surface area contributed by atoms with Crippen molar-refractivity contribution in [3.63, 3.8) is 0 Å². The van der Waals surface area contributed by atoms with Crippen LogP contribution in [0, 0.1) is 5.92 Å². The molecular formula is C14H23NOS. The van der Waals surface area contributed by atoms with Crippen LogP contribution in [0.2, 0.25) is 0 Å². The Balaban J connectivity index is 1.84. The summed E-state index contributed by atoms with van der Waals surface area (Å²) < 4.78 is 5.69. The molecule has 17 heavy (non-hydrogen) atoms. The molecular weight excluding hydrogens is 230 g/mol. The van der Waals surface area contributed by atoms with Gasteiger partial charge in [0, 0.05) is 16.8 Å². The summed E-state index contributed by atoms with van der Waals surface area (Å²) in [5, 5.41) is 5.80. The molecule has 0 saturated carbocycles. The van der Waals surface area contributed by atoms with Crippen molar-refractivity contribution in [2.24, 2.45) is 5.92 Å². The number of aryl methyl sites for hydroxylation is 1. The molecule has 0 spiro atoms. The Kier molecular flexibility index (Phi) is 5.01. The van der Waals surface area contributed by atoms with Crippen molar-refractivity contribution in [1.29, 1.82) is 0 Å². The van der Waals surface area contributed by atoms with E-state index in [4.69, 9.17) is 4.74 Å². The van der Waals surface area contributed by atoms with E-state index >= 15 is 0 Å². The monoisotopic (exact) mass is 253 g/mol. The van der Waals surface area contributed by atoms with Crippen molar-refractivity contribution in [2.45, 2.75) is 45.3 Å². The molecule has 0 aliphatic carbocycles. The molecule has 0 radical (unpaired) electrons. The molecule has 1 aliphatic heterocycles. The van der Waals surface area contributed by atoms with E-state index in [2.05, 4.69) is 36.7 Å². The van der Waals surface area contributed by atoms with Crippen LogP contribution in [0.4, 0.5) is 0 Å². The predicted octanol–water partition coefficient (Wildman–Crippen LogP) is 3.08. The second kappa shape index (κ2) is 6.53. The highest BCUT2D eigenvalue weighted by Gasteiger charge is 2.28.